The average molecular weight is 432 g/mol. The lowest BCUT2D eigenvalue weighted by molar-refractivity contribution is -0.137. The molecular formula is C24H23F3O4. The van der Waals surface area contributed by atoms with Gasteiger partial charge in [-0.3, -0.25) is 0 Å². The Morgan fingerprint density at radius 1 is 1.10 bits per heavy atom. The quantitative estimate of drug-likeness (QED) is 0.437. The number of halogens is 3. The summed E-state index contributed by atoms with van der Waals surface area (Å²) in [5, 5.41) is 8.83. The Hall–Kier alpha value is -3.06. The molecule has 0 radical (unpaired) electrons. The number of rotatable bonds is 8. The minimum Gasteiger partial charge on any atom is -0.493 e. The number of hydrogen-bond donors (Lipinski definition) is 1. The van der Waals surface area contributed by atoms with Crippen molar-refractivity contribution in [3.05, 3.63) is 83.4 Å². The molecule has 1 heterocycles. The average Bonchev–Trinajstić information content (AvgIpc) is 2.71. The van der Waals surface area contributed by atoms with Crippen molar-refractivity contribution in [1.82, 2.24) is 0 Å². The van der Waals surface area contributed by atoms with E-state index in [2.05, 4.69) is 6.92 Å². The van der Waals surface area contributed by atoms with Crippen molar-refractivity contribution in [2.75, 3.05) is 19.8 Å². The summed E-state index contributed by atoms with van der Waals surface area (Å²) in [6.45, 7) is 4.00. The van der Waals surface area contributed by atoms with Gasteiger partial charge in [-0.25, -0.2) is 4.79 Å². The lowest BCUT2D eigenvalue weighted by Gasteiger charge is -2.40. The van der Waals surface area contributed by atoms with Crippen LogP contribution in [-0.4, -0.2) is 30.9 Å². The van der Waals surface area contributed by atoms with E-state index in [-0.39, 0.29) is 5.41 Å². The second-order valence-corrected chi connectivity index (χ2v) is 7.51. The zero-order valence-electron chi connectivity index (χ0n) is 17.0. The summed E-state index contributed by atoms with van der Waals surface area (Å²) in [4.78, 5) is 10.8. The van der Waals surface area contributed by atoms with Gasteiger partial charge in [0.1, 0.15) is 5.75 Å². The van der Waals surface area contributed by atoms with Crippen LogP contribution in [0.5, 0.6) is 5.75 Å². The maximum atomic E-state index is 12.9. The van der Waals surface area contributed by atoms with Gasteiger partial charge < -0.3 is 14.6 Å². The molecule has 31 heavy (non-hydrogen) atoms. The van der Waals surface area contributed by atoms with Crippen molar-refractivity contribution in [2.24, 2.45) is 5.41 Å². The molecule has 0 saturated carbocycles. The van der Waals surface area contributed by atoms with Crippen LogP contribution in [0.15, 0.2) is 66.8 Å². The monoisotopic (exact) mass is 432 g/mol. The van der Waals surface area contributed by atoms with Crippen LogP contribution in [0, 0.1) is 5.41 Å². The molecular weight excluding hydrogens is 409 g/mol. The topological polar surface area (TPSA) is 55.8 Å². The molecule has 0 aliphatic carbocycles. The Balaban J connectivity index is 1.83. The molecule has 0 atom stereocenters. The lowest BCUT2D eigenvalue weighted by atomic mass is 9.84. The molecule has 1 aliphatic rings. The van der Waals surface area contributed by atoms with E-state index in [1.54, 1.807) is 30.3 Å². The summed E-state index contributed by atoms with van der Waals surface area (Å²) < 4.78 is 49.8. The first kappa shape index (κ1) is 22.6. The van der Waals surface area contributed by atoms with E-state index >= 15 is 0 Å². The summed E-state index contributed by atoms with van der Waals surface area (Å²) in [6, 6.07) is 11.9. The lowest BCUT2D eigenvalue weighted by Crippen LogP contribution is -2.46. The first-order valence-electron chi connectivity index (χ1n) is 9.82. The summed E-state index contributed by atoms with van der Waals surface area (Å²) in [5.41, 5.74) is 1.15. The van der Waals surface area contributed by atoms with Gasteiger partial charge in [0.15, 0.2) is 0 Å². The fraction of sp³-hybridized carbons (Fsp3) is 0.292. The van der Waals surface area contributed by atoms with Gasteiger partial charge in [-0.2, -0.15) is 13.2 Å². The Morgan fingerprint density at radius 3 is 2.13 bits per heavy atom. The summed E-state index contributed by atoms with van der Waals surface area (Å²) in [7, 11) is 0. The number of carbonyl (C=O) groups is 1. The minimum atomic E-state index is -4.42. The molecule has 0 unspecified atom stereocenters. The molecule has 1 N–H and O–H groups in total. The van der Waals surface area contributed by atoms with Crippen LogP contribution in [0.2, 0.25) is 0 Å². The van der Waals surface area contributed by atoms with Crippen LogP contribution in [-0.2, 0) is 15.7 Å². The van der Waals surface area contributed by atoms with Gasteiger partial charge in [0.25, 0.3) is 0 Å². The van der Waals surface area contributed by atoms with E-state index in [9.17, 15) is 18.0 Å². The predicted octanol–water partition coefficient (Wildman–Crippen LogP) is 5.58. The zero-order chi connectivity index (χ0) is 22.5. The van der Waals surface area contributed by atoms with Crippen LogP contribution in [0.4, 0.5) is 13.2 Å². The number of alkyl halides is 3. The van der Waals surface area contributed by atoms with E-state index in [1.807, 2.05) is 0 Å². The Kier molecular flexibility index (Phi) is 6.85. The van der Waals surface area contributed by atoms with Crippen molar-refractivity contribution >= 4 is 11.5 Å². The van der Waals surface area contributed by atoms with Crippen LogP contribution in [0.25, 0.3) is 5.57 Å². The SMILES string of the molecule is CCC1(COc2ccc(/C(=C/C=C/C(=O)O)c3ccc(C(F)(F)F)cc3)cc2)COC1. The third kappa shape index (κ3) is 5.76. The fourth-order valence-corrected chi connectivity index (χ4v) is 3.17. The van der Waals surface area contributed by atoms with E-state index < -0.39 is 17.7 Å². The van der Waals surface area contributed by atoms with Crippen LogP contribution in [0.3, 0.4) is 0 Å². The Labute approximate surface area is 178 Å². The van der Waals surface area contributed by atoms with Crippen molar-refractivity contribution in [2.45, 2.75) is 19.5 Å². The van der Waals surface area contributed by atoms with Crippen LogP contribution in [0.1, 0.15) is 30.0 Å². The molecule has 0 spiro atoms. The van der Waals surface area contributed by atoms with Gasteiger partial charge in [-0.1, -0.05) is 43.3 Å². The third-order valence-corrected chi connectivity index (χ3v) is 5.30. The summed E-state index contributed by atoms with van der Waals surface area (Å²) >= 11 is 0. The standard InChI is InChI=1S/C24H23F3O4/c1-2-23(14-30-15-23)16-31-20-12-8-18(9-13-20)21(4-3-5-22(28)29)17-6-10-19(11-7-17)24(25,26)27/h3-13H,2,14-16H2,1H3,(H,28,29)/b5-3+,21-4+. The number of aliphatic carboxylic acids is 1. The molecule has 2 aromatic carbocycles. The number of allylic oxidation sites excluding steroid dienone is 2. The zero-order valence-corrected chi connectivity index (χ0v) is 17.0. The van der Waals surface area contributed by atoms with Gasteiger partial charge in [-0.15, -0.1) is 0 Å². The molecule has 3 rings (SSSR count). The fourth-order valence-electron chi connectivity index (χ4n) is 3.17. The minimum absolute atomic E-state index is 0.0472. The molecule has 1 fully saturated rings. The third-order valence-electron chi connectivity index (χ3n) is 5.30. The molecule has 0 amide bonds. The van der Waals surface area contributed by atoms with E-state index in [0.29, 0.717) is 36.7 Å². The summed E-state index contributed by atoms with van der Waals surface area (Å²) in [5.74, 6) is -0.437. The molecule has 2 aromatic rings. The highest BCUT2D eigenvalue weighted by Crippen LogP contribution is 2.33. The van der Waals surface area contributed by atoms with E-state index in [0.717, 1.165) is 30.2 Å². The molecule has 164 valence electrons. The van der Waals surface area contributed by atoms with Crippen molar-refractivity contribution in [3.63, 3.8) is 0 Å². The Bertz CT molecular complexity index is 948. The van der Waals surface area contributed by atoms with Crippen molar-refractivity contribution < 1.29 is 32.5 Å². The largest absolute Gasteiger partial charge is 0.493 e. The molecule has 7 heteroatoms. The summed E-state index contributed by atoms with van der Waals surface area (Å²) in [6.07, 6.45) is 0.409. The van der Waals surface area contributed by atoms with Gasteiger partial charge in [0.05, 0.1) is 30.8 Å². The second-order valence-electron chi connectivity index (χ2n) is 7.51. The number of benzene rings is 2. The second kappa shape index (κ2) is 9.39. The first-order valence-corrected chi connectivity index (χ1v) is 9.82. The van der Waals surface area contributed by atoms with Crippen molar-refractivity contribution in [3.8, 4) is 5.75 Å². The highest BCUT2D eigenvalue weighted by atomic mass is 19.4. The highest BCUT2D eigenvalue weighted by Gasteiger charge is 2.37. The molecule has 4 nitrogen and oxygen atoms in total. The molecule has 0 bridgehead atoms. The van der Waals surface area contributed by atoms with E-state index in [1.165, 1.54) is 18.2 Å². The highest BCUT2D eigenvalue weighted by molar-refractivity contribution is 5.84. The maximum Gasteiger partial charge on any atom is 0.416 e. The first-order chi connectivity index (χ1) is 14.7. The normalized spacial score (nSPS) is 16.2. The molecule has 0 aromatic heterocycles. The molecule has 1 saturated heterocycles. The van der Waals surface area contributed by atoms with Gasteiger partial charge in [-0.05, 0) is 47.4 Å². The Morgan fingerprint density at radius 2 is 1.68 bits per heavy atom. The number of ether oxygens (including phenoxy) is 2. The molecule has 1 aliphatic heterocycles. The van der Waals surface area contributed by atoms with Gasteiger partial charge in [0.2, 0.25) is 0 Å². The predicted molar refractivity (Wildman–Crippen MR) is 111 cm³/mol. The number of carboxylic acid groups (broad SMARTS) is 1. The maximum absolute atomic E-state index is 12.9. The smallest absolute Gasteiger partial charge is 0.416 e. The van der Waals surface area contributed by atoms with Crippen LogP contribution < -0.4 is 4.74 Å². The number of carboxylic acids is 1. The van der Waals surface area contributed by atoms with Gasteiger partial charge in [0, 0.05) is 6.08 Å². The van der Waals surface area contributed by atoms with E-state index in [4.69, 9.17) is 14.6 Å². The van der Waals surface area contributed by atoms with Crippen LogP contribution >= 0.6 is 0 Å². The van der Waals surface area contributed by atoms with Gasteiger partial charge >= 0.3 is 12.1 Å². The van der Waals surface area contributed by atoms with Crippen molar-refractivity contribution in [1.29, 1.82) is 0 Å². The number of hydrogen-bond acceptors (Lipinski definition) is 3.